The molecule has 0 atom stereocenters. The molecule has 0 aliphatic carbocycles. The molecule has 0 heterocycles. The third-order valence-corrected chi connectivity index (χ3v) is 4.46. The molecular weight excluding hydrogens is 520 g/mol. The number of nitrogens with one attached hydrogen (secondary N) is 3. The number of carbonyl (C=O) groups excluding carboxylic acids is 1. The second kappa shape index (κ2) is 13.2. The normalized spacial score (nSPS) is 11.5. The van der Waals surface area contributed by atoms with Gasteiger partial charge in [-0.3, -0.25) is 9.79 Å². The lowest BCUT2D eigenvalue weighted by atomic mass is 10.1. The van der Waals surface area contributed by atoms with Crippen molar-refractivity contribution < 1.29 is 18.0 Å². The average Bonchev–Trinajstić information content (AvgIpc) is 2.74. The summed E-state index contributed by atoms with van der Waals surface area (Å²) in [5.74, 6) is 0.438. The number of benzene rings is 2. The maximum Gasteiger partial charge on any atom is 0.416 e. The highest BCUT2D eigenvalue weighted by Crippen LogP contribution is 2.29. The number of alkyl halides is 3. The number of amides is 1. The van der Waals surface area contributed by atoms with Gasteiger partial charge in [0.15, 0.2) is 5.96 Å². The zero-order valence-electron chi connectivity index (χ0n) is 17.6. The standard InChI is InChI=1S/C22H27F3N4O.HI/c1-3-4-13-27-20(30)18-9-5-16(6-10-18)14-28-21(26-2)29-15-17-7-11-19(12-8-17)22(23,24)25;/h5-12H,3-4,13-15H2,1-2H3,(H,27,30)(H2,26,28,29);1H. The van der Waals surface area contributed by atoms with Crippen molar-refractivity contribution >= 4 is 35.8 Å². The van der Waals surface area contributed by atoms with Crippen molar-refractivity contribution in [2.75, 3.05) is 13.6 Å². The van der Waals surface area contributed by atoms with E-state index in [-0.39, 0.29) is 29.9 Å². The molecule has 2 aromatic rings. The van der Waals surface area contributed by atoms with E-state index in [1.807, 2.05) is 12.1 Å². The van der Waals surface area contributed by atoms with Crippen molar-refractivity contribution in [1.29, 1.82) is 0 Å². The molecule has 0 saturated heterocycles. The molecule has 0 spiro atoms. The number of rotatable bonds is 8. The Balaban J connectivity index is 0.00000480. The third kappa shape index (κ3) is 9.16. The van der Waals surface area contributed by atoms with Crippen LogP contribution in [0.15, 0.2) is 53.5 Å². The number of carbonyl (C=O) groups is 1. The second-order valence-electron chi connectivity index (χ2n) is 6.78. The van der Waals surface area contributed by atoms with Crippen LogP contribution in [0.2, 0.25) is 0 Å². The molecule has 0 unspecified atom stereocenters. The Morgan fingerprint density at radius 3 is 1.87 bits per heavy atom. The predicted octanol–water partition coefficient (Wildman–Crippen LogP) is 4.72. The van der Waals surface area contributed by atoms with Crippen LogP contribution in [-0.2, 0) is 19.3 Å². The van der Waals surface area contributed by atoms with E-state index in [2.05, 4.69) is 27.9 Å². The summed E-state index contributed by atoms with van der Waals surface area (Å²) in [7, 11) is 1.62. The van der Waals surface area contributed by atoms with Crippen LogP contribution in [0.25, 0.3) is 0 Å². The van der Waals surface area contributed by atoms with Crippen LogP contribution in [0.1, 0.15) is 46.8 Å². The molecule has 0 aliphatic heterocycles. The average molecular weight is 548 g/mol. The fourth-order valence-electron chi connectivity index (χ4n) is 2.66. The lowest BCUT2D eigenvalue weighted by molar-refractivity contribution is -0.137. The van der Waals surface area contributed by atoms with Gasteiger partial charge in [-0.05, 0) is 41.8 Å². The SMILES string of the molecule is CCCCNC(=O)c1ccc(CNC(=NC)NCc2ccc(C(F)(F)F)cc2)cc1.I. The van der Waals surface area contributed by atoms with Crippen molar-refractivity contribution in [3.63, 3.8) is 0 Å². The first kappa shape index (κ1) is 26.7. The molecule has 5 nitrogen and oxygen atoms in total. The molecular formula is C22H28F3IN4O. The van der Waals surface area contributed by atoms with Crippen LogP contribution in [0.3, 0.4) is 0 Å². The maximum atomic E-state index is 12.6. The molecule has 2 aromatic carbocycles. The van der Waals surface area contributed by atoms with Gasteiger partial charge in [-0.2, -0.15) is 13.2 Å². The van der Waals surface area contributed by atoms with Crippen molar-refractivity contribution in [2.45, 2.75) is 39.0 Å². The van der Waals surface area contributed by atoms with Gasteiger partial charge in [0, 0.05) is 32.2 Å². The van der Waals surface area contributed by atoms with Gasteiger partial charge in [-0.1, -0.05) is 37.6 Å². The highest BCUT2D eigenvalue weighted by Gasteiger charge is 2.29. The van der Waals surface area contributed by atoms with Gasteiger partial charge < -0.3 is 16.0 Å². The van der Waals surface area contributed by atoms with Gasteiger partial charge in [0.2, 0.25) is 0 Å². The van der Waals surface area contributed by atoms with E-state index in [1.54, 1.807) is 19.2 Å². The van der Waals surface area contributed by atoms with Crippen LogP contribution in [0.4, 0.5) is 13.2 Å². The number of unbranched alkanes of at least 4 members (excludes halogenated alkanes) is 1. The Morgan fingerprint density at radius 2 is 1.42 bits per heavy atom. The molecule has 0 aromatic heterocycles. The molecule has 0 saturated carbocycles. The summed E-state index contributed by atoms with van der Waals surface area (Å²) in [6, 6.07) is 12.3. The summed E-state index contributed by atoms with van der Waals surface area (Å²) in [5, 5.41) is 9.08. The molecule has 9 heteroatoms. The minimum Gasteiger partial charge on any atom is -0.352 e. The van der Waals surface area contributed by atoms with E-state index in [1.165, 1.54) is 12.1 Å². The number of hydrogen-bond donors (Lipinski definition) is 3. The zero-order chi connectivity index (χ0) is 22.0. The lowest BCUT2D eigenvalue weighted by Crippen LogP contribution is -2.36. The summed E-state index contributed by atoms with van der Waals surface area (Å²) >= 11 is 0. The highest BCUT2D eigenvalue weighted by molar-refractivity contribution is 14.0. The Morgan fingerprint density at radius 1 is 0.903 bits per heavy atom. The fraction of sp³-hybridized carbons (Fsp3) is 0.364. The monoisotopic (exact) mass is 548 g/mol. The Labute approximate surface area is 197 Å². The second-order valence-corrected chi connectivity index (χ2v) is 6.78. The smallest absolute Gasteiger partial charge is 0.352 e. The van der Waals surface area contributed by atoms with E-state index in [0.717, 1.165) is 30.5 Å². The maximum absolute atomic E-state index is 12.6. The minimum absolute atomic E-state index is 0. The summed E-state index contributed by atoms with van der Waals surface area (Å²) < 4.78 is 37.9. The first-order valence-electron chi connectivity index (χ1n) is 9.81. The number of nitrogens with zero attached hydrogens (tertiary/aromatic N) is 1. The van der Waals surface area contributed by atoms with Crippen molar-refractivity contribution in [3.8, 4) is 0 Å². The van der Waals surface area contributed by atoms with E-state index < -0.39 is 11.7 Å². The van der Waals surface area contributed by atoms with Crippen LogP contribution in [-0.4, -0.2) is 25.5 Å². The molecule has 0 radical (unpaired) electrons. The molecule has 170 valence electrons. The molecule has 1 amide bonds. The Kier molecular flexibility index (Phi) is 11.4. The first-order chi connectivity index (χ1) is 14.3. The number of aliphatic imine (C=N–C) groups is 1. The largest absolute Gasteiger partial charge is 0.416 e. The lowest BCUT2D eigenvalue weighted by Gasteiger charge is -2.13. The summed E-state index contributed by atoms with van der Waals surface area (Å²) in [4.78, 5) is 16.1. The summed E-state index contributed by atoms with van der Waals surface area (Å²) in [6.45, 7) is 3.57. The number of guanidine groups is 1. The molecule has 0 bridgehead atoms. The van der Waals surface area contributed by atoms with E-state index in [9.17, 15) is 18.0 Å². The van der Waals surface area contributed by atoms with Gasteiger partial charge in [-0.25, -0.2) is 0 Å². The van der Waals surface area contributed by atoms with E-state index in [0.29, 0.717) is 36.7 Å². The Hall–Kier alpha value is -2.30. The van der Waals surface area contributed by atoms with Crippen molar-refractivity contribution in [1.82, 2.24) is 16.0 Å². The van der Waals surface area contributed by atoms with Gasteiger partial charge >= 0.3 is 6.18 Å². The summed E-state index contributed by atoms with van der Waals surface area (Å²) in [6.07, 6.45) is -2.36. The first-order valence-corrected chi connectivity index (χ1v) is 9.81. The third-order valence-electron chi connectivity index (χ3n) is 4.46. The van der Waals surface area contributed by atoms with Crippen molar-refractivity contribution in [2.24, 2.45) is 4.99 Å². The molecule has 3 N–H and O–H groups in total. The zero-order valence-corrected chi connectivity index (χ0v) is 19.9. The van der Waals surface area contributed by atoms with Gasteiger partial charge in [0.1, 0.15) is 0 Å². The number of halogens is 4. The fourth-order valence-corrected chi connectivity index (χ4v) is 2.66. The predicted molar refractivity (Wildman–Crippen MR) is 128 cm³/mol. The van der Waals surface area contributed by atoms with Gasteiger partial charge in [0.25, 0.3) is 5.91 Å². The molecule has 0 fully saturated rings. The van der Waals surface area contributed by atoms with Crippen LogP contribution in [0, 0.1) is 0 Å². The topological polar surface area (TPSA) is 65.5 Å². The minimum atomic E-state index is -4.34. The quantitative estimate of drug-likeness (QED) is 0.194. The highest BCUT2D eigenvalue weighted by atomic mass is 127. The summed E-state index contributed by atoms with van der Waals surface area (Å²) in [5.41, 5.74) is 1.62. The van der Waals surface area contributed by atoms with Gasteiger partial charge in [0.05, 0.1) is 5.56 Å². The van der Waals surface area contributed by atoms with E-state index >= 15 is 0 Å². The van der Waals surface area contributed by atoms with Crippen molar-refractivity contribution in [3.05, 3.63) is 70.8 Å². The van der Waals surface area contributed by atoms with Crippen LogP contribution in [0.5, 0.6) is 0 Å². The number of hydrogen-bond acceptors (Lipinski definition) is 2. The molecule has 0 aliphatic rings. The molecule has 2 rings (SSSR count). The molecule has 31 heavy (non-hydrogen) atoms. The van der Waals surface area contributed by atoms with Crippen LogP contribution >= 0.6 is 24.0 Å². The van der Waals surface area contributed by atoms with Crippen LogP contribution < -0.4 is 16.0 Å². The van der Waals surface area contributed by atoms with E-state index in [4.69, 9.17) is 0 Å². The van der Waals surface area contributed by atoms with Gasteiger partial charge in [-0.15, -0.1) is 24.0 Å². The Bertz CT molecular complexity index is 837.